The summed E-state index contributed by atoms with van der Waals surface area (Å²) in [5, 5.41) is 11.4. The molecule has 2 rings (SSSR count). The summed E-state index contributed by atoms with van der Waals surface area (Å²) in [5.41, 5.74) is 2.26. The number of ether oxygens (including phenoxy) is 1. The molecule has 4 nitrogen and oxygen atoms in total. The summed E-state index contributed by atoms with van der Waals surface area (Å²) in [5.74, 6) is -0.121. The van der Waals surface area contributed by atoms with Gasteiger partial charge in [0.1, 0.15) is 0 Å². The number of hydrogen-bond donors (Lipinski definition) is 1. The van der Waals surface area contributed by atoms with Crippen molar-refractivity contribution in [2.45, 2.75) is 109 Å². The topological polar surface area (TPSA) is 49.8 Å². The lowest BCUT2D eigenvalue weighted by Gasteiger charge is -2.37. The van der Waals surface area contributed by atoms with E-state index in [4.69, 9.17) is 4.74 Å². The number of carbonyl (C=O) groups excluding carboxylic acids is 1. The SMILES string of the molecule is CCCCCCCCC(O)C(CCCCCCCC(=O)OC)N(c1ccccc1)c1ccccc1. The summed E-state index contributed by atoms with van der Waals surface area (Å²) < 4.78 is 4.73. The second kappa shape index (κ2) is 18.0. The van der Waals surface area contributed by atoms with Gasteiger partial charge in [-0.05, 0) is 43.5 Å². The Labute approximate surface area is 213 Å². The predicted octanol–water partition coefficient (Wildman–Crippen LogP) is 8.21. The van der Waals surface area contributed by atoms with Crippen LogP contribution in [0.15, 0.2) is 60.7 Å². The molecule has 0 aliphatic rings. The van der Waals surface area contributed by atoms with Crippen LogP contribution in [0.25, 0.3) is 0 Å². The van der Waals surface area contributed by atoms with Crippen LogP contribution in [0.4, 0.5) is 11.4 Å². The first-order valence-electron chi connectivity index (χ1n) is 13.8. The molecule has 0 aliphatic heterocycles. The number of aliphatic hydroxyl groups excluding tert-OH is 1. The first kappa shape index (κ1) is 28.9. The number of benzene rings is 2. The molecule has 0 amide bonds. The van der Waals surface area contributed by atoms with Gasteiger partial charge < -0.3 is 14.7 Å². The van der Waals surface area contributed by atoms with Crippen LogP contribution in [0.2, 0.25) is 0 Å². The molecule has 0 radical (unpaired) electrons. The zero-order chi connectivity index (χ0) is 25.1. The third-order valence-electron chi connectivity index (χ3n) is 6.81. The average Bonchev–Trinajstić information content (AvgIpc) is 2.90. The average molecular weight is 482 g/mol. The van der Waals surface area contributed by atoms with Crippen LogP contribution in [-0.2, 0) is 9.53 Å². The van der Waals surface area contributed by atoms with Crippen molar-refractivity contribution in [2.24, 2.45) is 0 Å². The van der Waals surface area contributed by atoms with Gasteiger partial charge in [-0.3, -0.25) is 4.79 Å². The molecule has 0 aromatic heterocycles. The fourth-order valence-electron chi connectivity index (χ4n) is 4.78. The zero-order valence-electron chi connectivity index (χ0n) is 22.0. The Morgan fingerprint density at radius 2 is 1.23 bits per heavy atom. The van der Waals surface area contributed by atoms with Gasteiger partial charge in [-0.15, -0.1) is 0 Å². The van der Waals surface area contributed by atoms with Crippen LogP contribution in [0.1, 0.15) is 96.8 Å². The molecule has 0 aliphatic carbocycles. The number of hydrogen-bond acceptors (Lipinski definition) is 4. The Morgan fingerprint density at radius 1 is 0.743 bits per heavy atom. The summed E-state index contributed by atoms with van der Waals surface area (Å²) in [6, 6.07) is 21.0. The van der Waals surface area contributed by atoms with E-state index >= 15 is 0 Å². The van der Waals surface area contributed by atoms with Gasteiger partial charge in [0.25, 0.3) is 0 Å². The molecule has 4 heteroatoms. The number of aliphatic hydroxyl groups is 1. The molecule has 35 heavy (non-hydrogen) atoms. The quantitative estimate of drug-likeness (QED) is 0.162. The normalized spacial score (nSPS) is 12.8. The highest BCUT2D eigenvalue weighted by molar-refractivity contribution is 5.69. The Hall–Kier alpha value is -2.33. The van der Waals surface area contributed by atoms with Crippen LogP contribution >= 0.6 is 0 Å². The van der Waals surface area contributed by atoms with E-state index in [1.807, 2.05) is 12.1 Å². The smallest absolute Gasteiger partial charge is 0.305 e. The number of anilines is 2. The summed E-state index contributed by atoms with van der Waals surface area (Å²) in [7, 11) is 1.45. The Balaban J connectivity index is 2.03. The molecule has 0 fully saturated rings. The Morgan fingerprint density at radius 3 is 1.77 bits per heavy atom. The van der Waals surface area contributed by atoms with Crippen LogP contribution < -0.4 is 4.90 Å². The molecule has 0 saturated carbocycles. The summed E-state index contributed by atoms with van der Waals surface area (Å²) in [4.78, 5) is 13.7. The van der Waals surface area contributed by atoms with E-state index in [1.165, 1.54) is 39.2 Å². The van der Waals surface area contributed by atoms with Gasteiger partial charge in [-0.1, -0.05) is 108 Å². The van der Waals surface area contributed by atoms with Crippen LogP contribution in [0.5, 0.6) is 0 Å². The highest BCUT2D eigenvalue weighted by Gasteiger charge is 2.27. The summed E-state index contributed by atoms with van der Waals surface area (Å²) in [6.07, 6.45) is 14.5. The third-order valence-corrected chi connectivity index (χ3v) is 6.81. The molecule has 0 spiro atoms. The second-order valence-electron chi connectivity index (χ2n) is 9.61. The number of unbranched alkanes of at least 4 members (excludes halogenated alkanes) is 9. The molecule has 2 aromatic rings. The lowest BCUT2D eigenvalue weighted by molar-refractivity contribution is -0.140. The van der Waals surface area contributed by atoms with Gasteiger partial charge in [0.2, 0.25) is 0 Å². The van der Waals surface area contributed by atoms with Gasteiger partial charge in [0.15, 0.2) is 0 Å². The van der Waals surface area contributed by atoms with Crippen molar-refractivity contribution in [3.05, 3.63) is 60.7 Å². The number of rotatable bonds is 19. The fourth-order valence-corrected chi connectivity index (χ4v) is 4.78. The van der Waals surface area contributed by atoms with Gasteiger partial charge in [-0.2, -0.15) is 0 Å². The first-order valence-corrected chi connectivity index (χ1v) is 13.8. The molecule has 0 saturated heterocycles. The largest absolute Gasteiger partial charge is 0.469 e. The standard InChI is InChI=1S/C31H47NO3/c1-3-4-5-6-9-18-25-30(33)29(24-17-8-7-10-19-26-31(34)35-2)32(27-20-13-11-14-21-27)28-22-15-12-16-23-28/h11-16,20-23,29-30,33H,3-10,17-19,24-26H2,1-2H3. The molecule has 194 valence electrons. The first-order chi connectivity index (χ1) is 17.2. The van der Waals surface area contributed by atoms with E-state index in [1.54, 1.807) is 0 Å². The summed E-state index contributed by atoms with van der Waals surface area (Å²) >= 11 is 0. The molecule has 0 bridgehead atoms. The van der Waals surface area contributed by atoms with Crippen molar-refractivity contribution in [3.63, 3.8) is 0 Å². The van der Waals surface area contributed by atoms with Crippen molar-refractivity contribution in [2.75, 3.05) is 12.0 Å². The van der Waals surface area contributed by atoms with E-state index < -0.39 is 0 Å². The highest BCUT2D eigenvalue weighted by atomic mass is 16.5. The van der Waals surface area contributed by atoms with Gasteiger partial charge in [0.05, 0.1) is 19.3 Å². The molecule has 2 unspecified atom stereocenters. The van der Waals surface area contributed by atoms with Gasteiger partial charge >= 0.3 is 5.97 Å². The van der Waals surface area contributed by atoms with Crippen LogP contribution in [0.3, 0.4) is 0 Å². The van der Waals surface area contributed by atoms with Crippen molar-refractivity contribution < 1.29 is 14.6 Å². The lowest BCUT2D eigenvalue weighted by atomic mass is 9.95. The zero-order valence-corrected chi connectivity index (χ0v) is 22.0. The van der Waals surface area contributed by atoms with Gasteiger partial charge in [0, 0.05) is 17.8 Å². The molecule has 2 atom stereocenters. The van der Waals surface area contributed by atoms with Crippen molar-refractivity contribution >= 4 is 17.3 Å². The van der Waals surface area contributed by atoms with E-state index in [2.05, 4.69) is 60.4 Å². The van der Waals surface area contributed by atoms with E-state index in [9.17, 15) is 9.90 Å². The maximum Gasteiger partial charge on any atom is 0.305 e. The third kappa shape index (κ3) is 11.3. The monoisotopic (exact) mass is 481 g/mol. The Bertz CT molecular complexity index is 741. The van der Waals surface area contributed by atoms with Gasteiger partial charge in [-0.25, -0.2) is 0 Å². The molecule has 1 N–H and O–H groups in total. The number of methoxy groups -OCH3 is 1. The molecular formula is C31H47NO3. The molecule has 2 aromatic carbocycles. The number of carbonyl (C=O) groups is 1. The number of nitrogens with zero attached hydrogens (tertiary/aromatic N) is 1. The minimum absolute atomic E-state index is 0.0329. The number of esters is 1. The second-order valence-corrected chi connectivity index (χ2v) is 9.61. The van der Waals surface area contributed by atoms with E-state index in [0.717, 1.165) is 62.7 Å². The molecular weight excluding hydrogens is 434 g/mol. The van der Waals surface area contributed by atoms with Crippen LogP contribution in [-0.4, -0.2) is 30.3 Å². The van der Waals surface area contributed by atoms with Crippen LogP contribution in [0, 0.1) is 0 Å². The predicted molar refractivity (Wildman–Crippen MR) is 147 cm³/mol. The lowest BCUT2D eigenvalue weighted by Crippen LogP contribution is -2.41. The minimum atomic E-state index is -0.374. The maximum absolute atomic E-state index is 11.4. The minimum Gasteiger partial charge on any atom is -0.469 e. The maximum atomic E-state index is 11.4. The number of para-hydroxylation sites is 2. The van der Waals surface area contributed by atoms with Crippen molar-refractivity contribution in [3.8, 4) is 0 Å². The Kier molecular flexibility index (Phi) is 14.9. The van der Waals surface area contributed by atoms with E-state index in [0.29, 0.717) is 6.42 Å². The fraction of sp³-hybridized carbons (Fsp3) is 0.581. The molecule has 0 heterocycles. The van der Waals surface area contributed by atoms with E-state index in [-0.39, 0.29) is 18.1 Å². The van der Waals surface area contributed by atoms with Crippen molar-refractivity contribution in [1.29, 1.82) is 0 Å². The van der Waals surface area contributed by atoms with Crippen molar-refractivity contribution in [1.82, 2.24) is 0 Å². The highest BCUT2D eigenvalue weighted by Crippen LogP contribution is 2.32. The summed E-state index contributed by atoms with van der Waals surface area (Å²) in [6.45, 7) is 2.25.